The standard InChI is InChI=1S/C11H13N5O2S/c1-12-10-9(16(17)18)11(15-7-14-10)13-5-4-8-3-2-6-19-8/h2-3,6-7H,4-5H2,1H3,(H2,12,13,14,15). The van der Waals surface area contributed by atoms with Crippen molar-refractivity contribution in [2.45, 2.75) is 6.42 Å². The van der Waals surface area contributed by atoms with Crippen molar-refractivity contribution in [3.8, 4) is 0 Å². The molecule has 0 atom stereocenters. The second-order valence-corrected chi connectivity index (χ2v) is 4.71. The Bertz CT molecular complexity index is 558. The van der Waals surface area contributed by atoms with E-state index in [-0.39, 0.29) is 17.3 Å². The van der Waals surface area contributed by atoms with Crippen molar-refractivity contribution in [2.75, 3.05) is 24.2 Å². The van der Waals surface area contributed by atoms with Gasteiger partial charge in [-0.1, -0.05) is 6.07 Å². The van der Waals surface area contributed by atoms with E-state index in [1.807, 2.05) is 17.5 Å². The maximum Gasteiger partial charge on any atom is 0.353 e. The molecule has 0 aromatic carbocycles. The Morgan fingerprint density at radius 1 is 1.42 bits per heavy atom. The number of rotatable bonds is 6. The Morgan fingerprint density at radius 3 is 2.84 bits per heavy atom. The number of nitrogens with one attached hydrogen (secondary N) is 2. The van der Waals surface area contributed by atoms with E-state index >= 15 is 0 Å². The molecule has 0 unspecified atom stereocenters. The minimum absolute atomic E-state index is 0.129. The molecule has 100 valence electrons. The molecule has 0 spiro atoms. The van der Waals surface area contributed by atoms with Gasteiger partial charge < -0.3 is 10.6 Å². The van der Waals surface area contributed by atoms with Crippen LogP contribution in [0, 0.1) is 10.1 Å². The predicted octanol–water partition coefficient (Wildman–Crippen LogP) is 2.14. The third-order valence-corrected chi connectivity index (χ3v) is 3.42. The quantitative estimate of drug-likeness (QED) is 0.621. The van der Waals surface area contributed by atoms with Crippen molar-refractivity contribution in [3.05, 3.63) is 38.8 Å². The number of aromatic nitrogens is 2. The van der Waals surface area contributed by atoms with Crippen LogP contribution < -0.4 is 10.6 Å². The highest BCUT2D eigenvalue weighted by molar-refractivity contribution is 7.09. The summed E-state index contributed by atoms with van der Waals surface area (Å²) in [4.78, 5) is 19.5. The number of nitrogens with zero attached hydrogens (tertiary/aromatic N) is 3. The second-order valence-electron chi connectivity index (χ2n) is 3.68. The third kappa shape index (κ3) is 3.16. The molecule has 19 heavy (non-hydrogen) atoms. The number of anilines is 2. The molecule has 0 aliphatic carbocycles. The van der Waals surface area contributed by atoms with Crippen LogP contribution in [0.3, 0.4) is 0 Å². The first-order chi connectivity index (χ1) is 9.22. The van der Waals surface area contributed by atoms with Gasteiger partial charge in [-0.3, -0.25) is 10.1 Å². The SMILES string of the molecule is CNc1ncnc(NCCc2cccs2)c1[N+](=O)[O-]. The van der Waals surface area contributed by atoms with Crippen LogP contribution in [0.15, 0.2) is 23.8 Å². The molecule has 2 aromatic heterocycles. The average molecular weight is 279 g/mol. The fourth-order valence-corrected chi connectivity index (χ4v) is 2.33. The van der Waals surface area contributed by atoms with Crippen molar-refractivity contribution < 1.29 is 4.92 Å². The average Bonchev–Trinajstić information content (AvgIpc) is 2.91. The summed E-state index contributed by atoms with van der Waals surface area (Å²) in [5, 5.41) is 18.7. The minimum Gasteiger partial charge on any atom is -0.367 e. The van der Waals surface area contributed by atoms with Gasteiger partial charge in [-0.05, 0) is 17.9 Å². The Morgan fingerprint density at radius 2 is 2.21 bits per heavy atom. The van der Waals surface area contributed by atoms with Crippen LogP contribution in [0.5, 0.6) is 0 Å². The molecule has 8 heteroatoms. The zero-order valence-corrected chi connectivity index (χ0v) is 11.1. The van der Waals surface area contributed by atoms with Gasteiger partial charge in [0.2, 0.25) is 11.6 Å². The van der Waals surface area contributed by atoms with E-state index in [0.29, 0.717) is 6.54 Å². The maximum absolute atomic E-state index is 11.0. The summed E-state index contributed by atoms with van der Waals surface area (Å²) in [6.45, 7) is 0.585. The highest BCUT2D eigenvalue weighted by atomic mass is 32.1. The summed E-state index contributed by atoms with van der Waals surface area (Å²) in [6.07, 6.45) is 2.10. The lowest BCUT2D eigenvalue weighted by Gasteiger charge is -2.07. The molecule has 0 saturated carbocycles. The van der Waals surface area contributed by atoms with Gasteiger partial charge >= 0.3 is 5.69 Å². The van der Waals surface area contributed by atoms with Gasteiger partial charge in [0, 0.05) is 18.5 Å². The molecule has 2 N–H and O–H groups in total. The molecule has 0 aliphatic rings. The van der Waals surface area contributed by atoms with E-state index in [4.69, 9.17) is 0 Å². The molecule has 0 bridgehead atoms. The molecule has 0 saturated heterocycles. The van der Waals surface area contributed by atoms with E-state index in [1.165, 1.54) is 11.2 Å². The molecule has 2 heterocycles. The van der Waals surface area contributed by atoms with E-state index in [0.717, 1.165) is 6.42 Å². The topological polar surface area (TPSA) is 93.0 Å². The normalized spacial score (nSPS) is 10.2. The van der Waals surface area contributed by atoms with Crippen LogP contribution in [0.1, 0.15) is 4.88 Å². The van der Waals surface area contributed by atoms with Gasteiger partial charge in [-0.25, -0.2) is 9.97 Å². The van der Waals surface area contributed by atoms with Crippen LogP contribution in [-0.2, 0) is 6.42 Å². The van der Waals surface area contributed by atoms with Gasteiger partial charge in [-0.2, -0.15) is 0 Å². The molecule has 2 aromatic rings. The number of nitro groups is 1. The summed E-state index contributed by atoms with van der Waals surface area (Å²) >= 11 is 1.66. The van der Waals surface area contributed by atoms with E-state index in [9.17, 15) is 10.1 Å². The van der Waals surface area contributed by atoms with E-state index in [2.05, 4.69) is 20.6 Å². The van der Waals surface area contributed by atoms with E-state index in [1.54, 1.807) is 18.4 Å². The van der Waals surface area contributed by atoms with Crippen molar-refractivity contribution in [3.63, 3.8) is 0 Å². The van der Waals surface area contributed by atoms with Gasteiger partial charge in [0.05, 0.1) is 4.92 Å². The number of hydrogen-bond acceptors (Lipinski definition) is 7. The summed E-state index contributed by atoms with van der Waals surface area (Å²) in [5.41, 5.74) is -0.129. The third-order valence-electron chi connectivity index (χ3n) is 2.49. The molecule has 0 aliphatic heterocycles. The van der Waals surface area contributed by atoms with Crippen LogP contribution in [-0.4, -0.2) is 28.5 Å². The van der Waals surface area contributed by atoms with Crippen LogP contribution in [0.25, 0.3) is 0 Å². The first-order valence-electron chi connectivity index (χ1n) is 5.65. The highest BCUT2D eigenvalue weighted by Crippen LogP contribution is 2.28. The van der Waals surface area contributed by atoms with Gasteiger partial charge in [0.1, 0.15) is 6.33 Å². The highest BCUT2D eigenvalue weighted by Gasteiger charge is 2.21. The Labute approximate surface area is 113 Å². The molecule has 0 fully saturated rings. The lowest BCUT2D eigenvalue weighted by atomic mass is 10.3. The van der Waals surface area contributed by atoms with Crippen molar-refractivity contribution >= 4 is 28.7 Å². The smallest absolute Gasteiger partial charge is 0.353 e. The van der Waals surface area contributed by atoms with E-state index < -0.39 is 4.92 Å². The maximum atomic E-state index is 11.0. The van der Waals surface area contributed by atoms with Gasteiger partial charge in [-0.15, -0.1) is 11.3 Å². The second kappa shape index (κ2) is 6.10. The summed E-state index contributed by atoms with van der Waals surface area (Å²) in [6, 6.07) is 4.01. The molecular formula is C11H13N5O2S. The lowest BCUT2D eigenvalue weighted by molar-refractivity contribution is -0.383. The lowest BCUT2D eigenvalue weighted by Crippen LogP contribution is -2.10. The predicted molar refractivity (Wildman–Crippen MR) is 74.7 cm³/mol. The fourth-order valence-electron chi connectivity index (χ4n) is 1.62. The number of hydrogen-bond donors (Lipinski definition) is 2. The largest absolute Gasteiger partial charge is 0.367 e. The monoisotopic (exact) mass is 279 g/mol. The molecule has 2 rings (SSSR count). The first-order valence-corrected chi connectivity index (χ1v) is 6.53. The molecule has 7 nitrogen and oxygen atoms in total. The summed E-state index contributed by atoms with van der Waals surface area (Å²) < 4.78 is 0. The summed E-state index contributed by atoms with van der Waals surface area (Å²) in [5.74, 6) is 0.444. The van der Waals surface area contributed by atoms with Crippen LogP contribution >= 0.6 is 11.3 Å². The molecule has 0 radical (unpaired) electrons. The van der Waals surface area contributed by atoms with Crippen LogP contribution in [0.2, 0.25) is 0 Å². The zero-order chi connectivity index (χ0) is 13.7. The zero-order valence-electron chi connectivity index (χ0n) is 10.3. The van der Waals surface area contributed by atoms with Crippen LogP contribution in [0.4, 0.5) is 17.3 Å². The number of thiophene rings is 1. The van der Waals surface area contributed by atoms with Gasteiger partial charge in [0.25, 0.3) is 0 Å². The summed E-state index contributed by atoms with van der Waals surface area (Å²) in [7, 11) is 1.59. The Balaban J connectivity index is 2.09. The van der Waals surface area contributed by atoms with Crippen molar-refractivity contribution in [1.29, 1.82) is 0 Å². The minimum atomic E-state index is -0.487. The first kappa shape index (κ1) is 13.2. The fraction of sp³-hybridized carbons (Fsp3) is 0.273. The van der Waals surface area contributed by atoms with Crippen molar-refractivity contribution in [2.24, 2.45) is 0 Å². The molecule has 0 amide bonds. The molecular weight excluding hydrogens is 266 g/mol. The Kier molecular flexibility index (Phi) is 4.24. The van der Waals surface area contributed by atoms with Crippen molar-refractivity contribution in [1.82, 2.24) is 9.97 Å². The Hall–Kier alpha value is -2.22. The van der Waals surface area contributed by atoms with Gasteiger partial charge in [0.15, 0.2) is 0 Å².